The third kappa shape index (κ3) is 8.46. The summed E-state index contributed by atoms with van der Waals surface area (Å²) in [5.74, 6) is 1.11. The van der Waals surface area contributed by atoms with Crippen molar-refractivity contribution in [2.45, 2.75) is 46.6 Å². The van der Waals surface area contributed by atoms with Crippen molar-refractivity contribution in [3.63, 3.8) is 0 Å². The largest absolute Gasteiger partial charge is 0.497 e. The highest BCUT2D eigenvalue weighted by molar-refractivity contribution is 5.92. The van der Waals surface area contributed by atoms with E-state index < -0.39 is 6.09 Å². The van der Waals surface area contributed by atoms with E-state index in [1.165, 1.54) is 11.3 Å². The van der Waals surface area contributed by atoms with Crippen LogP contribution in [0.25, 0.3) is 0 Å². The lowest BCUT2D eigenvalue weighted by molar-refractivity contribution is 0.159. The summed E-state index contributed by atoms with van der Waals surface area (Å²) in [6.07, 6.45) is 2.02. The van der Waals surface area contributed by atoms with E-state index in [1.54, 1.807) is 20.1 Å². The van der Waals surface area contributed by atoms with E-state index in [4.69, 9.17) is 26.0 Å². The first-order chi connectivity index (χ1) is 15.4. The van der Waals surface area contributed by atoms with Crippen molar-refractivity contribution in [2.24, 2.45) is 0 Å². The van der Waals surface area contributed by atoms with E-state index >= 15 is 0 Å². The number of carbonyl (C=O) groups is 1. The number of nitrogens with one attached hydrogen (secondary N) is 1. The van der Waals surface area contributed by atoms with Gasteiger partial charge in [0, 0.05) is 13.2 Å². The number of nitrogens with two attached hydrogens (primary N) is 2. The number of unbranched alkanes of at least 4 members (excludes halogenated alkanes) is 1. The Balaban J connectivity index is 0.00000161. The quantitative estimate of drug-likeness (QED) is 0.401. The molecule has 178 valence electrons. The second-order valence-electron chi connectivity index (χ2n) is 6.87. The SMILES string of the molecule is CCC.CCOC(=O)N(Cc1cccc(OC)c1)c1nc(NCCCCO)nc(N)c1N. The van der Waals surface area contributed by atoms with Gasteiger partial charge in [-0.25, -0.2) is 4.79 Å². The maximum absolute atomic E-state index is 12.6. The zero-order chi connectivity index (χ0) is 23.9. The first-order valence-electron chi connectivity index (χ1n) is 10.8. The minimum atomic E-state index is -0.605. The van der Waals surface area contributed by atoms with E-state index in [0.29, 0.717) is 18.7 Å². The molecule has 2 rings (SSSR count). The molecule has 1 amide bonds. The van der Waals surface area contributed by atoms with Crippen molar-refractivity contribution >= 4 is 29.4 Å². The number of nitrogen functional groups attached to an aromatic ring is 2. The number of carbonyl (C=O) groups excluding carboxylic acids is 1. The van der Waals surface area contributed by atoms with Crippen molar-refractivity contribution < 1.29 is 19.4 Å². The fourth-order valence-corrected chi connectivity index (χ4v) is 2.58. The average molecular weight is 449 g/mol. The number of methoxy groups -OCH3 is 1. The van der Waals surface area contributed by atoms with E-state index in [2.05, 4.69) is 29.1 Å². The minimum Gasteiger partial charge on any atom is -0.497 e. The Bertz CT molecular complexity index is 834. The zero-order valence-electron chi connectivity index (χ0n) is 19.4. The van der Waals surface area contributed by atoms with Gasteiger partial charge in [-0.15, -0.1) is 0 Å². The summed E-state index contributed by atoms with van der Waals surface area (Å²) < 4.78 is 10.4. The van der Waals surface area contributed by atoms with Gasteiger partial charge in [-0.3, -0.25) is 4.90 Å². The molecule has 0 saturated carbocycles. The van der Waals surface area contributed by atoms with E-state index in [9.17, 15) is 4.79 Å². The molecule has 0 radical (unpaired) electrons. The molecule has 0 unspecified atom stereocenters. The number of anilines is 4. The smallest absolute Gasteiger partial charge is 0.415 e. The predicted molar refractivity (Wildman–Crippen MR) is 128 cm³/mol. The van der Waals surface area contributed by atoms with Gasteiger partial charge in [0.1, 0.15) is 11.4 Å². The molecule has 0 spiro atoms. The number of hydrogen-bond acceptors (Lipinski definition) is 9. The Labute approximate surface area is 189 Å². The van der Waals surface area contributed by atoms with Gasteiger partial charge in [-0.05, 0) is 37.5 Å². The average Bonchev–Trinajstić information content (AvgIpc) is 2.78. The van der Waals surface area contributed by atoms with Gasteiger partial charge in [0.05, 0.1) is 20.3 Å². The van der Waals surface area contributed by atoms with Gasteiger partial charge < -0.3 is 31.4 Å². The monoisotopic (exact) mass is 448 g/mol. The van der Waals surface area contributed by atoms with Gasteiger partial charge in [0.15, 0.2) is 11.6 Å². The molecule has 32 heavy (non-hydrogen) atoms. The van der Waals surface area contributed by atoms with E-state index in [0.717, 1.165) is 12.0 Å². The topological polar surface area (TPSA) is 149 Å². The molecule has 1 aromatic heterocycles. The van der Waals surface area contributed by atoms with Crippen LogP contribution in [0.3, 0.4) is 0 Å². The third-order valence-electron chi connectivity index (χ3n) is 4.04. The normalized spacial score (nSPS) is 10.0. The summed E-state index contributed by atoms with van der Waals surface area (Å²) in [5.41, 5.74) is 12.9. The minimum absolute atomic E-state index is 0.0552. The molecule has 6 N–H and O–H groups in total. The summed E-state index contributed by atoms with van der Waals surface area (Å²) in [6.45, 7) is 6.96. The summed E-state index contributed by atoms with van der Waals surface area (Å²) >= 11 is 0. The summed E-state index contributed by atoms with van der Waals surface area (Å²) in [6, 6.07) is 7.29. The number of hydrogen-bond donors (Lipinski definition) is 4. The molecule has 0 aliphatic rings. The van der Waals surface area contributed by atoms with Crippen LogP contribution >= 0.6 is 0 Å². The number of amides is 1. The van der Waals surface area contributed by atoms with Crippen LogP contribution in [0.4, 0.5) is 28.1 Å². The Morgan fingerprint density at radius 2 is 1.91 bits per heavy atom. The lowest BCUT2D eigenvalue weighted by atomic mass is 10.2. The second-order valence-corrected chi connectivity index (χ2v) is 6.87. The maximum atomic E-state index is 12.6. The highest BCUT2D eigenvalue weighted by Gasteiger charge is 2.24. The molecule has 0 aliphatic heterocycles. The van der Waals surface area contributed by atoms with Crippen LogP contribution in [0.2, 0.25) is 0 Å². The van der Waals surface area contributed by atoms with Crippen LogP contribution in [0.5, 0.6) is 5.75 Å². The van der Waals surface area contributed by atoms with Gasteiger partial charge in [0.25, 0.3) is 0 Å². The maximum Gasteiger partial charge on any atom is 0.415 e. The summed E-state index contributed by atoms with van der Waals surface area (Å²) in [7, 11) is 1.57. The van der Waals surface area contributed by atoms with Crippen molar-refractivity contribution in [1.29, 1.82) is 0 Å². The number of aliphatic hydroxyl groups is 1. The molecule has 2 aromatic rings. The standard InChI is InChI=1S/C19H28N6O4.C3H8/c1-3-29-19(27)25(12-13-7-6-8-14(11-13)28-2)17-15(20)16(21)23-18(24-17)22-9-4-5-10-26;1-3-2/h6-8,11,26H,3-5,9-10,12,20H2,1-2H3,(H3,21,22,23,24);3H2,1-2H3. The fraction of sp³-hybridized carbons (Fsp3) is 0.500. The highest BCUT2D eigenvalue weighted by Crippen LogP contribution is 2.29. The number of benzene rings is 1. The molecular weight excluding hydrogens is 412 g/mol. The van der Waals surface area contributed by atoms with Gasteiger partial charge in [-0.2, -0.15) is 9.97 Å². The number of nitrogens with zero attached hydrogens (tertiary/aromatic N) is 3. The molecule has 1 aromatic carbocycles. The fourth-order valence-electron chi connectivity index (χ4n) is 2.58. The highest BCUT2D eigenvalue weighted by atomic mass is 16.6. The van der Waals surface area contributed by atoms with Crippen LogP contribution in [0.15, 0.2) is 24.3 Å². The molecule has 10 heteroatoms. The predicted octanol–water partition coefficient (Wildman–Crippen LogP) is 3.41. The van der Waals surface area contributed by atoms with Gasteiger partial charge >= 0.3 is 6.09 Å². The van der Waals surface area contributed by atoms with Gasteiger partial charge in [0.2, 0.25) is 5.95 Å². The summed E-state index contributed by atoms with van der Waals surface area (Å²) in [4.78, 5) is 22.5. The third-order valence-corrected chi connectivity index (χ3v) is 4.04. The Hall–Kier alpha value is -3.27. The molecule has 0 bridgehead atoms. The molecule has 0 saturated heterocycles. The van der Waals surface area contributed by atoms with Gasteiger partial charge in [-0.1, -0.05) is 32.4 Å². The molecule has 0 atom stereocenters. The number of aromatic nitrogens is 2. The first-order valence-corrected chi connectivity index (χ1v) is 10.8. The van der Waals surface area contributed by atoms with Crippen molar-refractivity contribution in [3.05, 3.63) is 29.8 Å². The molecule has 1 heterocycles. The van der Waals surface area contributed by atoms with Crippen LogP contribution in [0, 0.1) is 0 Å². The van der Waals surface area contributed by atoms with Crippen LogP contribution in [0.1, 0.15) is 45.6 Å². The van der Waals surface area contributed by atoms with E-state index in [1.807, 2.05) is 18.2 Å². The summed E-state index contributed by atoms with van der Waals surface area (Å²) in [5, 5.41) is 11.9. The zero-order valence-corrected chi connectivity index (χ0v) is 19.4. The molecular formula is C22H36N6O4. The van der Waals surface area contributed by atoms with Crippen molar-refractivity contribution in [1.82, 2.24) is 9.97 Å². The molecule has 0 fully saturated rings. The lowest BCUT2D eigenvalue weighted by Crippen LogP contribution is -2.33. The van der Waals surface area contributed by atoms with Crippen LogP contribution < -0.4 is 26.4 Å². The Kier molecular flexibility index (Phi) is 12.3. The Morgan fingerprint density at radius 3 is 2.53 bits per heavy atom. The number of ether oxygens (including phenoxy) is 2. The van der Waals surface area contributed by atoms with Crippen LogP contribution in [-0.2, 0) is 11.3 Å². The van der Waals surface area contributed by atoms with Crippen LogP contribution in [-0.4, -0.2) is 48.0 Å². The Morgan fingerprint density at radius 1 is 1.19 bits per heavy atom. The van der Waals surface area contributed by atoms with Crippen molar-refractivity contribution in [2.75, 3.05) is 48.6 Å². The number of aliphatic hydroxyl groups excluding tert-OH is 1. The lowest BCUT2D eigenvalue weighted by Gasteiger charge is -2.23. The second kappa shape index (κ2) is 14.7. The van der Waals surface area contributed by atoms with Crippen molar-refractivity contribution in [3.8, 4) is 5.75 Å². The molecule has 10 nitrogen and oxygen atoms in total. The first kappa shape index (κ1) is 26.8. The number of rotatable bonds is 10. The van der Waals surface area contributed by atoms with E-state index in [-0.39, 0.29) is 43.0 Å². The molecule has 0 aliphatic carbocycles.